The van der Waals surface area contributed by atoms with E-state index in [1.807, 2.05) is 13.8 Å². The minimum absolute atomic E-state index is 0.205. The fourth-order valence-electron chi connectivity index (χ4n) is 1.72. The summed E-state index contributed by atoms with van der Waals surface area (Å²) in [6.45, 7) is 7.80. The average molecular weight is 150 g/mol. The standard InChI is InChI=1S/C10H14O/c1-6-5-7(2)10(8(6)3)9(4)11/h5H2,1-4H3. The van der Waals surface area contributed by atoms with Crippen molar-refractivity contribution in [1.82, 2.24) is 0 Å². The molecule has 0 unspecified atom stereocenters. The highest BCUT2D eigenvalue weighted by molar-refractivity contribution is 5.99. The summed E-state index contributed by atoms with van der Waals surface area (Å²) in [6, 6.07) is 0. The largest absolute Gasteiger partial charge is 0.295 e. The maximum absolute atomic E-state index is 11.1. The maximum Gasteiger partial charge on any atom is 0.160 e. The fourth-order valence-corrected chi connectivity index (χ4v) is 1.72. The van der Waals surface area contributed by atoms with E-state index in [0.29, 0.717) is 0 Å². The van der Waals surface area contributed by atoms with Gasteiger partial charge in [0.05, 0.1) is 0 Å². The zero-order chi connectivity index (χ0) is 8.59. The molecule has 60 valence electrons. The summed E-state index contributed by atoms with van der Waals surface area (Å²) >= 11 is 0. The quantitative estimate of drug-likeness (QED) is 0.561. The smallest absolute Gasteiger partial charge is 0.160 e. The summed E-state index contributed by atoms with van der Waals surface area (Å²) in [5.41, 5.74) is 4.72. The van der Waals surface area contributed by atoms with E-state index in [0.717, 1.165) is 12.0 Å². The molecule has 0 fully saturated rings. The highest BCUT2D eigenvalue weighted by atomic mass is 16.1. The van der Waals surface area contributed by atoms with Crippen LogP contribution in [-0.4, -0.2) is 5.78 Å². The van der Waals surface area contributed by atoms with E-state index in [1.165, 1.54) is 16.7 Å². The van der Waals surface area contributed by atoms with Crippen molar-refractivity contribution in [2.75, 3.05) is 0 Å². The second-order valence-electron chi connectivity index (χ2n) is 3.29. The van der Waals surface area contributed by atoms with Gasteiger partial charge in [0.1, 0.15) is 0 Å². The van der Waals surface area contributed by atoms with Gasteiger partial charge in [-0.2, -0.15) is 0 Å². The number of allylic oxidation sites excluding steroid dienone is 4. The van der Waals surface area contributed by atoms with Gasteiger partial charge in [0.2, 0.25) is 0 Å². The Morgan fingerprint density at radius 3 is 1.91 bits per heavy atom. The first-order chi connectivity index (χ1) is 5.04. The molecule has 1 heteroatoms. The predicted octanol–water partition coefficient (Wildman–Crippen LogP) is 2.63. The van der Waals surface area contributed by atoms with Crippen LogP contribution in [-0.2, 0) is 4.79 Å². The minimum atomic E-state index is 0.205. The van der Waals surface area contributed by atoms with Crippen molar-refractivity contribution < 1.29 is 4.79 Å². The highest BCUT2D eigenvalue weighted by Gasteiger charge is 2.18. The summed E-state index contributed by atoms with van der Waals surface area (Å²) in [6.07, 6.45) is 0.987. The molecule has 1 nitrogen and oxygen atoms in total. The lowest BCUT2D eigenvalue weighted by molar-refractivity contribution is -0.113. The number of carbonyl (C=O) groups is 1. The molecule has 0 aliphatic heterocycles. The minimum Gasteiger partial charge on any atom is -0.295 e. The van der Waals surface area contributed by atoms with Gasteiger partial charge in [0.25, 0.3) is 0 Å². The van der Waals surface area contributed by atoms with E-state index in [9.17, 15) is 4.79 Å². The van der Waals surface area contributed by atoms with Crippen molar-refractivity contribution in [3.63, 3.8) is 0 Å². The van der Waals surface area contributed by atoms with E-state index < -0.39 is 0 Å². The molecule has 1 rings (SSSR count). The number of carbonyl (C=O) groups excluding carboxylic acids is 1. The Kier molecular flexibility index (Phi) is 1.99. The third-order valence-electron chi connectivity index (χ3n) is 2.32. The molecule has 0 radical (unpaired) electrons. The normalized spacial score (nSPS) is 18.2. The Balaban J connectivity index is 3.10. The van der Waals surface area contributed by atoms with E-state index in [4.69, 9.17) is 0 Å². The summed E-state index contributed by atoms with van der Waals surface area (Å²) < 4.78 is 0. The third-order valence-corrected chi connectivity index (χ3v) is 2.32. The summed E-state index contributed by atoms with van der Waals surface area (Å²) in [5, 5.41) is 0. The Bertz CT molecular complexity index is 267. The molecule has 0 saturated heterocycles. The van der Waals surface area contributed by atoms with Gasteiger partial charge >= 0.3 is 0 Å². The Labute approximate surface area is 67.8 Å². The van der Waals surface area contributed by atoms with Crippen molar-refractivity contribution >= 4 is 5.78 Å². The van der Waals surface area contributed by atoms with Crippen LogP contribution in [0.2, 0.25) is 0 Å². The van der Waals surface area contributed by atoms with Crippen molar-refractivity contribution in [3.05, 3.63) is 22.3 Å². The molecule has 11 heavy (non-hydrogen) atoms. The molecular formula is C10H14O. The van der Waals surface area contributed by atoms with Gasteiger partial charge in [-0.1, -0.05) is 11.1 Å². The molecule has 0 aromatic carbocycles. The molecule has 1 aliphatic rings. The van der Waals surface area contributed by atoms with Crippen molar-refractivity contribution in [3.8, 4) is 0 Å². The number of Topliss-reactive ketones (excluding diaryl/α,β-unsaturated/α-hetero) is 1. The Morgan fingerprint density at radius 2 is 1.73 bits per heavy atom. The first-order valence-electron chi connectivity index (χ1n) is 3.91. The lowest BCUT2D eigenvalue weighted by Gasteiger charge is -1.99. The van der Waals surface area contributed by atoms with Crippen LogP contribution in [0.25, 0.3) is 0 Å². The Morgan fingerprint density at radius 1 is 1.18 bits per heavy atom. The zero-order valence-electron chi connectivity index (χ0n) is 7.62. The average Bonchev–Trinajstić information content (AvgIpc) is 2.07. The molecule has 0 N–H and O–H groups in total. The maximum atomic E-state index is 11.1. The second-order valence-corrected chi connectivity index (χ2v) is 3.29. The molecule has 0 aromatic heterocycles. The summed E-state index contributed by atoms with van der Waals surface area (Å²) in [5.74, 6) is 0.205. The first kappa shape index (κ1) is 8.25. The van der Waals surface area contributed by atoms with Crippen LogP contribution < -0.4 is 0 Å². The monoisotopic (exact) mass is 150 g/mol. The van der Waals surface area contributed by atoms with Gasteiger partial charge in [-0.3, -0.25) is 4.79 Å². The third kappa shape index (κ3) is 1.28. The van der Waals surface area contributed by atoms with E-state index in [1.54, 1.807) is 6.92 Å². The number of ketones is 1. The van der Waals surface area contributed by atoms with Gasteiger partial charge in [-0.25, -0.2) is 0 Å². The first-order valence-corrected chi connectivity index (χ1v) is 3.91. The van der Waals surface area contributed by atoms with Crippen LogP contribution >= 0.6 is 0 Å². The second kappa shape index (κ2) is 2.65. The van der Waals surface area contributed by atoms with Crippen molar-refractivity contribution in [2.45, 2.75) is 34.1 Å². The van der Waals surface area contributed by atoms with E-state index >= 15 is 0 Å². The predicted molar refractivity (Wildman–Crippen MR) is 46.4 cm³/mol. The molecule has 0 aromatic rings. The Hall–Kier alpha value is -0.850. The van der Waals surface area contributed by atoms with E-state index in [2.05, 4.69) is 6.92 Å². The van der Waals surface area contributed by atoms with Gasteiger partial charge in [-0.15, -0.1) is 0 Å². The SMILES string of the molecule is CC(=O)C1=C(C)CC(C)=C1C. The van der Waals surface area contributed by atoms with Crippen molar-refractivity contribution in [1.29, 1.82) is 0 Å². The van der Waals surface area contributed by atoms with Crippen LogP contribution in [0, 0.1) is 0 Å². The van der Waals surface area contributed by atoms with Crippen LogP contribution in [0.5, 0.6) is 0 Å². The highest BCUT2D eigenvalue weighted by Crippen LogP contribution is 2.31. The van der Waals surface area contributed by atoms with Gasteiger partial charge < -0.3 is 0 Å². The number of hydrogen-bond donors (Lipinski definition) is 0. The topological polar surface area (TPSA) is 17.1 Å². The molecule has 0 saturated carbocycles. The fraction of sp³-hybridized carbons (Fsp3) is 0.500. The number of hydrogen-bond acceptors (Lipinski definition) is 1. The van der Waals surface area contributed by atoms with Crippen LogP contribution in [0.3, 0.4) is 0 Å². The zero-order valence-corrected chi connectivity index (χ0v) is 7.62. The molecule has 0 bridgehead atoms. The van der Waals surface area contributed by atoms with E-state index in [-0.39, 0.29) is 5.78 Å². The molecule has 0 amide bonds. The van der Waals surface area contributed by atoms with Crippen molar-refractivity contribution in [2.24, 2.45) is 0 Å². The molecule has 0 spiro atoms. The lowest BCUT2D eigenvalue weighted by Crippen LogP contribution is -1.97. The summed E-state index contributed by atoms with van der Waals surface area (Å²) in [7, 11) is 0. The molecule has 0 heterocycles. The number of rotatable bonds is 1. The molecule has 1 aliphatic carbocycles. The summed E-state index contributed by atoms with van der Waals surface area (Å²) in [4.78, 5) is 11.1. The van der Waals surface area contributed by atoms with Crippen LogP contribution in [0.15, 0.2) is 22.3 Å². The van der Waals surface area contributed by atoms with Gasteiger partial charge in [0, 0.05) is 5.57 Å². The van der Waals surface area contributed by atoms with Gasteiger partial charge in [0.15, 0.2) is 5.78 Å². The van der Waals surface area contributed by atoms with Crippen LogP contribution in [0.1, 0.15) is 34.1 Å². The molecule has 0 atom stereocenters. The molecular weight excluding hydrogens is 136 g/mol. The van der Waals surface area contributed by atoms with Crippen LogP contribution in [0.4, 0.5) is 0 Å². The lowest BCUT2D eigenvalue weighted by atomic mass is 10.0. The van der Waals surface area contributed by atoms with Gasteiger partial charge in [-0.05, 0) is 39.7 Å².